The van der Waals surface area contributed by atoms with E-state index >= 15 is 0 Å². The molecule has 32 heavy (non-hydrogen) atoms. The van der Waals surface area contributed by atoms with Crippen molar-refractivity contribution >= 4 is 17.2 Å². The van der Waals surface area contributed by atoms with Gasteiger partial charge in [-0.15, -0.1) is 11.3 Å². The number of aromatic nitrogens is 1. The van der Waals surface area contributed by atoms with Gasteiger partial charge < -0.3 is 15.1 Å². The summed E-state index contributed by atoms with van der Waals surface area (Å²) in [5, 5.41) is 28.0. The lowest BCUT2D eigenvalue weighted by molar-refractivity contribution is -0.376. The SMILES string of the molecule is Cc1cc(C(O)(C(F)(F)F)C(F)(F)F)ccc1C1=NN(C(C)(C)O)[C@@H](c2n[c]cs2)N1C. The molecule has 3 rings (SSSR count). The van der Waals surface area contributed by atoms with Crippen LogP contribution in [0, 0.1) is 13.1 Å². The largest absolute Gasteiger partial charge is 0.430 e. The van der Waals surface area contributed by atoms with E-state index in [0.717, 1.165) is 6.07 Å². The number of alkyl halides is 6. The molecule has 1 atom stereocenters. The Balaban J connectivity index is 2.10. The second-order valence-electron chi connectivity index (χ2n) is 7.80. The fraction of sp³-hybridized carbons (Fsp3) is 0.474. The molecule has 0 unspecified atom stereocenters. The van der Waals surface area contributed by atoms with Gasteiger partial charge >= 0.3 is 12.4 Å². The molecule has 2 N–H and O–H groups in total. The molecule has 2 heterocycles. The van der Waals surface area contributed by atoms with Crippen molar-refractivity contribution < 1.29 is 36.6 Å². The van der Waals surface area contributed by atoms with Crippen LogP contribution in [0.4, 0.5) is 26.3 Å². The quantitative estimate of drug-likeness (QED) is 0.649. The van der Waals surface area contributed by atoms with Gasteiger partial charge in [0.05, 0.1) is 0 Å². The van der Waals surface area contributed by atoms with Crippen molar-refractivity contribution in [2.45, 2.75) is 50.6 Å². The van der Waals surface area contributed by atoms with Gasteiger partial charge in [-0.05, 0) is 26.3 Å². The molecule has 0 saturated heterocycles. The smallest absolute Gasteiger partial charge is 0.370 e. The number of thiazole rings is 1. The van der Waals surface area contributed by atoms with E-state index in [2.05, 4.69) is 16.3 Å². The molecule has 2 aromatic rings. The van der Waals surface area contributed by atoms with Crippen molar-refractivity contribution in [2.24, 2.45) is 5.10 Å². The number of hydrogen-bond donors (Lipinski definition) is 2. The molecular weight excluding hydrogens is 462 g/mol. The number of rotatable bonds is 4. The Labute approximate surface area is 183 Å². The number of benzene rings is 1. The van der Waals surface area contributed by atoms with Crippen LogP contribution in [0.1, 0.15) is 41.7 Å². The maximum absolute atomic E-state index is 13.2. The van der Waals surface area contributed by atoms with Crippen LogP contribution in [-0.2, 0) is 5.60 Å². The zero-order valence-electron chi connectivity index (χ0n) is 17.2. The summed E-state index contributed by atoms with van der Waals surface area (Å²) in [5.41, 5.74) is -7.61. The standard InChI is InChI=1S/C19H19F6N4O2S/c1-10-9-11(17(31,18(20,21)22)19(23,24)25)5-6-12(10)13-27-29(16(2,3)30)15(28(13)4)14-26-7-8-32-14/h5-6,8-9,15,30-31H,1-4H3/t15-/m0/s1. The molecule has 1 aliphatic heterocycles. The minimum absolute atomic E-state index is 0.0158. The molecule has 0 fully saturated rings. The second-order valence-corrected chi connectivity index (χ2v) is 8.69. The van der Waals surface area contributed by atoms with Crippen LogP contribution in [-0.4, -0.2) is 56.1 Å². The summed E-state index contributed by atoms with van der Waals surface area (Å²) in [6.07, 6.45) is -9.98. The number of aliphatic hydroxyl groups is 2. The Morgan fingerprint density at radius 3 is 2.09 bits per heavy atom. The average Bonchev–Trinajstić information content (AvgIpc) is 3.26. The van der Waals surface area contributed by atoms with E-state index < -0.39 is 35.4 Å². The Kier molecular flexibility index (Phi) is 5.76. The topological polar surface area (TPSA) is 72.2 Å². The van der Waals surface area contributed by atoms with Gasteiger partial charge in [0.25, 0.3) is 5.60 Å². The van der Waals surface area contributed by atoms with E-state index in [1.54, 1.807) is 17.3 Å². The highest BCUT2D eigenvalue weighted by Crippen LogP contribution is 2.50. The summed E-state index contributed by atoms with van der Waals surface area (Å²) >= 11 is 1.24. The number of halogens is 6. The van der Waals surface area contributed by atoms with Crippen molar-refractivity contribution in [1.29, 1.82) is 0 Å². The van der Waals surface area contributed by atoms with Crippen LogP contribution >= 0.6 is 11.3 Å². The van der Waals surface area contributed by atoms with E-state index in [-0.39, 0.29) is 17.0 Å². The highest BCUT2D eigenvalue weighted by atomic mass is 32.1. The molecule has 13 heteroatoms. The first kappa shape index (κ1) is 24.3. The fourth-order valence-corrected chi connectivity index (χ4v) is 4.10. The molecule has 0 amide bonds. The van der Waals surface area contributed by atoms with Gasteiger partial charge in [-0.2, -0.15) is 31.4 Å². The molecule has 6 nitrogen and oxygen atoms in total. The summed E-state index contributed by atoms with van der Waals surface area (Å²) in [4.78, 5) is 5.70. The third kappa shape index (κ3) is 3.82. The molecule has 1 aliphatic rings. The molecular formula is C19H19F6N4O2S. The summed E-state index contributed by atoms with van der Waals surface area (Å²) < 4.78 is 79.4. The minimum atomic E-state index is -5.98. The van der Waals surface area contributed by atoms with Crippen molar-refractivity contribution in [2.75, 3.05) is 7.05 Å². The van der Waals surface area contributed by atoms with Crippen LogP contribution < -0.4 is 0 Å². The summed E-state index contributed by atoms with van der Waals surface area (Å²) in [7, 11) is 1.60. The zero-order valence-corrected chi connectivity index (χ0v) is 18.1. The zero-order chi connectivity index (χ0) is 24.3. The van der Waals surface area contributed by atoms with Gasteiger partial charge in [-0.25, -0.2) is 9.99 Å². The molecule has 175 valence electrons. The van der Waals surface area contributed by atoms with Crippen molar-refractivity contribution in [1.82, 2.24) is 14.9 Å². The van der Waals surface area contributed by atoms with Gasteiger partial charge in [0.1, 0.15) is 11.2 Å². The fourth-order valence-electron chi connectivity index (χ4n) is 3.39. The van der Waals surface area contributed by atoms with Crippen LogP contribution in [0.25, 0.3) is 0 Å². The first-order valence-corrected chi connectivity index (χ1v) is 10.00. The lowest BCUT2D eigenvalue weighted by Crippen LogP contribution is -2.54. The van der Waals surface area contributed by atoms with Gasteiger partial charge in [0.15, 0.2) is 17.7 Å². The predicted molar refractivity (Wildman–Crippen MR) is 103 cm³/mol. The van der Waals surface area contributed by atoms with Gasteiger partial charge in [0, 0.05) is 23.6 Å². The number of hydrazone groups is 1. The Hall–Kier alpha value is -2.38. The maximum atomic E-state index is 13.2. The van der Waals surface area contributed by atoms with Crippen molar-refractivity contribution in [3.8, 4) is 0 Å². The second kappa shape index (κ2) is 7.59. The Bertz CT molecular complexity index is 1000. The van der Waals surface area contributed by atoms with Gasteiger partial charge in [-0.1, -0.05) is 18.2 Å². The van der Waals surface area contributed by atoms with E-state index in [0.29, 0.717) is 17.1 Å². The highest BCUT2D eigenvalue weighted by Gasteiger charge is 2.71. The van der Waals surface area contributed by atoms with Crippen LogP contribution in [0.3, 0.4) is 0 Å². The van der Waals surface area contributed by atoms with Crippen LogP contribution in [0.2, 0.25) is 0 Å². The molecule has 1 radical (unpaired) electrons. The first-order chi connectivity index (χ1) is 14.5. The third-order valence-corrected chi connectivity index (χ3v) is 5.80. The number of amidine groups is 1. The Morgan fingerprint density at radius 1 is 1.06 bits per heavy atom. The van der Waals surface area contributed by atoms with E-state index in [9.17, 15) is 36.6 Å². The predicted octanol–water partition coefficient (Wildman–Crippen LogP) is 3.90. The monoisotopic (exact) mass is 481 g/mol. The first-order valence-electron chi connectivity index (χ1n) is 9.12. The van der Waals surface area contributed by atoms with Crippen molar-refractivity contribution in [3.05, 3.63) is 51.5 Å². The summed E-state index contributed by atoms with van der Waals surface area (Å²) in [6, 6.07) is 2.23. The minimum Gasteiger partial charge on any atom is -0.370 e. The highest BCUT2D eigenvalue weighted by molar-refractivity contribution is 7.09. The molecule has 0 bridgehead atoms. The van der Waals surface area contributed by atoms with Gasteiger partial charge in [0.2, 0.25) is 0 Å². The average molecular weight is 481 g/mol. The van der Waals surface area contributed by atoms with E-state index in [1.165, 1.54) is 37.1 Å². The Morgan fingerprint density at radius 2 is 1.66 bits per heavy atom. The number of hydrogen-bond acceptors (Lipinski definition) is 7. The molecule has 1 aromatic carbocycles. The maximum Gasteiger partial charge on any atom is 0.430 e. The summed E-state index contributed by atoms with van der Waals surface area (Å²) in [6.45, 7) is 4.25. The lowest BCUT2D eigenvalue weighted by atomic mass is 9.89. The van der Waals surface area contributed by atoms with E-state index in [1.807, 2.05) is 0 Å². The van der Waals surface area contributed by atoms with Crippen LogP contribution in [0.5, 0.6) is 0 Å². The van der Waals surface area contributed by atoms with Gasteiger partial charge in [-0.3, -0.25) is 0 Å². The van der Waals surface area contributed by atoms with E-state index in [4.69, 9.17) is 0 Å². The molecule has 0 aliphatic carbocycles. The normalized spacial score (nSPS) is 18.4. The molecule has 1 aromatic heterocycles. The molecule has 0 spiro atoms. The number of nitrogens with zero attached hydrogens (tertiary/aromatic N) is 4. The van der Waals surface area contributed by atoms with Crippen molar-refractivity contribution in [3.63, 3.8) is 0 Å². The lowest BCUT2D eigenvalue weighted by Gasteiger charge is -2.35. The molecule has 0 saturated carbocycles. The third-order valence-electron chi connectivity index (χ3n) is 5.03. The summed E-state index contributed by atoms with van der Waals surface area (Å²) in [5.74, 6) is 0.193. The number of aryl methyl sites for hydroxylation is 1. The van der Waals surface area contributed by atoms with Crippen LogP contribution in [0.15, 0.2) is 28.7 Å².